The van der Waals surface area contributed by atoms with E-state index in [4.69, 9.17) is 0 Å². The molecule has 0 radical (unpaired) electrons. The normalized spacial score (nSPS) is 10.3. The predicted octanol–water partition coefficient (Wildman–Crippen LogP) is 3.85. The quantitative estimate of drug-likeness (QED) is 0.844. The molecule has 0 aliphatic carbocycles. The SMILES string of the molecule is O=C(CSc1ccc(Br)cn1)Nc1cc(F)ccc1F. The molecule has 1 heterocycles. The molecule has 0 aliphatic heterocycles. The second-order valence-electron chi connectivity index (χ2n) is 3.78. The number of rotatable bonds is 4. The minimum absolute atomic E-state index is 0.0601. The Balaban J connectivity index is 1.92. The van der Waals surface area contributed by atoms with Gasteiger partial charge in [0, 0.05) is 16.7 Å². The van der Waals surface area contributed by atoms with E-state index in [-0.39, 0.29) is 11.4 Å². The van der Waals surface area contributed by atoms with Crippen molar-refractivity contribution in [1.82, 2.24) is 4.98 Å². The van der Waals surface area contributed by atoms with Gasteiger partial charge in [-0.15, -0.1) is 0 Å². The van der Waals surface area contributed by atoms with Crippen LogP contribution < -0.4 is 5.32 Å². The zero-order valence-electron chi connectivity index (χ0n) is 10.1. The van der Waals surface area contributed by atoms with Crippen molar-refractivity contribution >= 4 is 39.3 Å². The Morgan fingerprint density at radius 3 is 2.80 bits per heavy atom. The molecule has 1 amide bonds. The molecule has 0 saturated heterocycles. The van der Waals surface area contributed by atoms with Gasteiger partial charge in [-0.25, -0.2) is 13.8 Å². The largest absolute Gasteiger partial charge is 0.323 e. The van der Waals surface area contributed by atoms with Crippen molar-refractivity contribution in [2.75, 3.05) is 11.1 Å². The predicted molar refractivity (Wildman–Crippen MR) is 77.6 cm³/mol. The van der Waals surface area contributed by atoms with Crippen molar-refractivity contribution in [3.63, 3.8) is 0 Å². The number of nitrogens with zero attached hydrogens (tertiary/aromatic N) is 1. The number of thioether (sulfide) groups is 1. The summed E-state index contributed by atoms with van der Waals surface area (Å²) in [4.78, 5) is 15.7. The Morgan fingerprint density at radius 2 is 2.10 bits per heavy atom. The van der Waals surface area contributed by atoms with E-state index in [1.807, 2.05) is 0 Å². The van der Waals surface area contributed by atoms with Gasteiger partial charge in [0.25, 0.3) is 0 Å². The van der Waals surface area contributed by atoms with Crippen LogP contribution in [0.25, 0.3) is 0 Å². The molecule has 20 heavy (non-hydrogen) atoms. The van der Waals surface area contributed by atoms with E-state index in [2.05, 4.69) is 26.2 Å². The van der Waals surface area contributed by atoms with Crippen LogP contribution in [0.1, 0.15) is 0 Å². The number of anilines is 1. The van der Waals surface area contributed by atoms with Crippen LogP contribution in [0.5, 0.6) is 0 Å². The molecule has 0 unspecified atom stereocenters. The lowest BCUT2D eigenvalue weighted by Gasteiger charge is -2.06. The van der Waals surface area contributed by atoms with Crippen molar-refractivity contribution in [3.8, 4) is 0 Å². The number of hydrogen-bond acceptors (Lipinski definition) is 3. The van der Waals surface area contributed by atoms with Crippen LogP contribution in [0, 0.1) is 11.6 Å². The van der Waals surface area contributed by atoms with E-state index in [9.17, 15) is 13.6 Å². The van der Waals surface area contributed by atoms with E-state index in [0.29, 0.717) is 5.03 Å². The Hall–Kier alpha value is -1.47. The minimum atomic E-state index is -0.675. The van der Waals surface area contributed by atoms with Crippen molar-refractivity contribution < 1.29 is 13.6 Å². The second-order valence-corrected chi connectivity index (χ2v) is 5.69. The third kappa shape index (κ3) is 4.28. The molecule has 0 fully saturated rings. The lowest BCUT2D eigenvalue weighted by molar-refractivity contribution is -0.113. The summed E-state index contributed by atoms with van der Waals surface area (Å²) in [5.41, 5.74) is -0.167. The third-order valence-corrected chi connectivity index (χ3v) is 3.67. The van der Waals surface area contributed by atoms with Gasteiger partial charge in [0.15, 0.2) is 0 Å². The molecule has 0 bridgehead atoms. The first-order chi connectivity index (χ1) is 9.54. The molecule has 3 nitrogen and oxygen atoms in total. The van der Waals surface area contributed by atoms with Crippen LogP contribution in [0.4, 0.5) is 14.5 Å². The number of amides is 1. The maximum Gasteiger partial charge on any atom is 0.234 e. The summed E-state index contributed by atoms with van der Waals surface area (Å²) in [6.07, 6.45) is 1.62. The first-order valence-corrected chi connectivity index (χ1v) is 7.32. The molecule has 1 N–H and O–H groups in total. The van der Waals surface area contributed by atoms with Crippen molar-refractivity contribution in [2.45, 2.75) is 5.03 Å². The highest BCUT2D eigenvalue weighted by Gasteiger charge is 2.09. The molecular weight excluding hydrogens is 350 g/mol. The lowest BCUT2D eigenvalue weighted by atomic mass is 10.3. The molecule has 104 valence electrons. The molecule has 0 aliphatic rings. The van der Waals surface area contributed by atoms with Crippen LogP contribution in [-0.4, -0.2) is 16.6 Å². The average Bonchev–Trinajstić information content (AvgIpc) is 2.42. The highest BCUT2D eigenvalue weighted by molar-refractivity contribution is 9.10. The fraction of sp³-hybridized carbons (Fsp3) is 0.0769. The van der Waals surface area contributed by atoms with Gasteiger partial charge in [0.05, 0.1) is 16.5 Å². The molecule has 0 spiro atoms. The highest BCUT2D eigenvalue weighted by atomic mass is 79.9. The van der Waals surface area contributed by atoms with E-state index in [1.165, 1.54) is 11.8 Å². The highest BCUT2D eigenvalue weighted by Crippen LogP contribution is 2.19. The van der Waals surface area contributed by atoms with Gasteiger partial charge in [-0.3, -0.25) is 4.79 Å². The smallest absolute Gasteiger partial charge is 0.234 e. The standard InChI is InChI=1S/C13H9BrF2N2OS/c14-8-1-4-13(17-6-8)20-7-12(19)18-11-5-9(15)2-3-10(11)16/h1-6H,7H2,(H,18,19). The Bertz CT molecular complexity index is 622. The molecule has 7 heteroatoms. The zero-order valence-corrected chi connectivity index (χ0v) is 12.5. The molecule has 1 aromatic heterocycles. The van der Waals surface area contributed by atoms with Gasteiger partial charge in [0.1, 0.15) is 11.6 Å². The van der Waals surface area contributed by atoms with Gasteiger partial charge in [-0.2, -0.15) is 0 Å². The molecule has 2 aromatic rings. The summed E-state index contributed by atoms with van der Waals surface area (Å²) in [6, 6.07) is 6.46. The Kier molecular flexibility index (Phi) is 5.08. The van der Waals surface area contributed by atoms with E-state index >= 15 is 0 Å². The molecule has 0 atom stereocenters. The maximum absolute atomic E-state index is 13.3. The monoisotopic (exact) mass is 358 g/mol. The van der Waals surface area contributed by atoms with Gasteiger partial charge < -0.3 is 5.32 Å². The summed E-state index contributed by atoms with van der Waals surface area (Å²) in [5, 5.41) is 2.99. The first kappa shape index (κ1) is 14.9. The van der Waals surface area contributed by atoms with Gasteiger partial charge in [-0.1, -0.05) is 11.8 Å². The molecule has 0 saturated carbocycles. The fourth-order valence-corrected chi connectivity index (χ4v) is 2.24. The third-order valence-electron chi connectivity index (χ3n) is 2.25. The van der Waals surface area contributed by atoms with Gasteiger partial charge in [-0.05, 0) is 40.2 Å². The molecule has 1 aromatic carbocycles. The summed E-state index contributed by atoms with van der Waals surface area (Å²) < 4.78 is 27.1. The van der Waals surface area contributed by atoms with E-state index in [0.717, 1.165) is 22.7 Å². The van der Waals surface area contributed by atoms with Crippen molar-refractivity contribution in [3.05, 3.63) is 52.6 Å². The fourth-order valence-electron chi connectivity index (χ4n) is 1.37. The molecule has 2 rings (SSSR count). The number of aromatic nitrogens is 1. The lowest BCUT2D eigenvalue weighted by Crippen LogP contribution is -2.15. The first-order valence-electron chi connectivity index (χ1n) is 5.54. The van der Waals surface area contributed by atoms with Crippen LogP contribution in [0.15, 0.2) is 46.0 Å². The Labute approximate surface area is 126 Å². The average molecular weight is 359 g/mol. The number of hydrogen-bond donors (Lipinski definition) is 1. The van der Waals surface area contributed by atoms with Crippen LogP contribution in [-0.2, 0) is 4.79 Å². The van der Waals surface area contributed by atoms with Crippen LogP contribution in [0.2, 0.25) is 0 Å². The van der Waals surface area contributed by atoms with Gasteiger partial charge >= 0.3 is 0 Å². The number of carbonyl (C=O) groups excluding carboxylic acids is 1. The minimum Gasteiger partial charge on any atom is -0.323 e. The number of nitrogens with one attached hydrogen (secondary N) is 1. The van der Waals surface area contributed by atoms with Crippen molar-refractivity contribution in [1.29, 1.82) is 0 Å². The second kappa shape index (κ2) is 6.81. The van der Waals surface area contributed by atoms with E-state index < -0.39 is 17.5 Å². The Morgan fingerprint density at radius 1 is 1.30 bits per heavy atom. The summed E-state index contributed by atoms with van der Waals surface area (Å²) in [6.45, 7) is 0. The topological polar surface area (TPSA) is 42.0 Å². The van der Waals surface area contributed by atoms with Crippen LogP contribution in [0.3, 0.4) is 0 Å². The van der Waals surface area contributed by atoms with E-state index in [1.54, 1.807) is 18.3 Å². The zero-order chi connectivity index (χ0) is 14.5. The number of benzene rings is 1. The number of halogens is 3. The number of pyridine rings is 1. The summed E-state index contributed by atoms with van der Waals surface area (Å²) in [7, 11) is 0. The summed E-state index contributed by atoms with van der Waals surface area (Å²) >= 11 is 4.46. The molecular formula is C13H9BrF2N2OS. The van der Waals surface area contributed by atoms with Crippen LogP contribution >= 0.6 is 27.7 Å². The maximum atomic E-state index is 13.3. The number of carbonyl (C=O) groups is 1. The van der Waals surface area contributed by atoms with Crippen molar-refractivity contribution in [2.24, 2.45) is 0 Å². The van der Waals surface area contributed by atoms with Gasteiger partial charge in [0.2, 0.25) is 5.91 Å². The summed E-state index contributed by atoms with van der Waals surface area (Å²) in [5.74, 6) is -1.65.